The molecule has 5 nitrogen and oxygen atoms in total. The second-order valence-corrected chi connectivity index (χ2v) is 14.6. The zero-order valence-electron chi connectivity index (χ0n) is 24.8. The number of alkyl halides is 1. The van der Waals surface area contributed by atoms with E-state index in [0.29, 0.717) is 29.2 Å². The monoisotopic (exact) mass is 547 g/mol. The average molecular weight is 548 g/mol. The maximum absolute atomic E-state index is 12.5. The molecule has 0 spiro atoms. The van der Waals surface area contributed by atoms with Gasteiger partial charge in [0.15, 0.2) is 0 Å². The number of nitrogens with zero attached hydrogens (tertiary/aromatic N) is 2. The molecule has 0 aromatic carbocycles. The number of rotatable bonds is 11. The van der Waals surface area contributed by atoms with Gasteiger partial charge in [0.1, 0.15) is 0 Å². The van der Waals surface area contributed by atoms with Crippen molar-refractivity contribution in [2.45, 2.75) is 112 Å². The molecule has 38 heavy (non-hydrogen) atoms. The van der Waals surface area contributed by atoms with Crippen LogP contribution in [-0.4, -0.2) is 30.0 Å². The molecule has 4 aliphatic rings. The fourth-order valence-electron chi connectivity index (χ4n) is 9.85. The van der Waals surface area contributed by atoms with E-state index >= 15 is 0 Å². The summed E-state index contributed by atoms with van der Waals surface area (Å²) in [6, 6.07) is -0.423. The molecular weight excluding hydrogens is 494 g/mol. The number of fused-ring (bicyclic) bond motifs is 5. The van der Waals surface area contributed by atoms with Crippen molar-refractivity contribution in [3.63, 3.8) is 0 Å². The summed E-state index contributed by atoms with van der Waals surface area (Å²) in [4.78, 5) is 23.6. The highest BCUT2D eigenvalue weighted by Gasteiger charge is 2.60. The van der Waals surface area contributed by atoms with Crippen molar-refractivity contribution in [1.29, 1.82) is 0 Å². The van der Waals surface area contributed by atoms with E-state index in [2.05, 4.69) is 51.3 Å². The third-order valence-corrected chi connectivity index (χ3v) is 11.9. The van der Waals surface area contributed by atoms with E-state index in [9.17, 15) is 9.70 Å². The molecule has 2 amide bonds. The van der Waals surface area contributed by atoms with Gasteiger partial charge in [0, 0.05) is 12.4 Å². The second kappa shape index (κ2) is 12.6. The van der Waals surface area contributed by atoms with Crippen LogP contribution in [0.25, 0.3) is 0 Å². The number of carbonyl (C=O) groups excluding carboxylic acids is 1. The highest BCUT2D eigenvalue weighted by atomic mass is 35.5. The van der Waals surface area contributed by atoms with Gasteiger partial charge in [-0.2, -0.15) is 5.01 Å². The Morgan fingerprint density at radius 1 is 1.13 bits per heavy atom. The number of hydrogen-bond donors (Lipinski definition) is 1. The molecule has 3 saturated carbocycles. The van der Waals surface area contributed by atoms with Gasteiger partial charge in [-0.15, -0.1) is 16.5 Å². The summed E-state index contributed by atoms with van der Waals surface area (Å²) in [5, 5.41) is 6.74. The minimum atomic E-state index is -0.423. The lowest BCUT2D eigenvalue weighted by Crippen LogP contribution is -2.53. The van der Waals surface area contributed by atoms with Crippen LogP contribution in [-0.2, 0) is 0 Å². The first-order chi connectivity index (χ1) is 18.2. The van der Waals surface area contributed by atoms with E-state index in [4.69, 9.17) is 11.6 Å². The van der Waals surface area contributed by atoms with Gasteiger partial charge in [-0.3, -0.25) is 0 Å². The van der Waals surface area contributed by atoms with Crippen LogP contribution in [0.15, 0.2) is 16.9 Å². The van der Waals surface area contributed by atoms with Crippen LogP contribution in [0.3, 0.4) is 0 Å². The summed E-state index contributed by atoms with van der Waals surface area (Å²) in [7, 11) is 0. The summed E-state index contributed by atoms with van der Waals surface area (Å²) >= 11 is 5.74. The van der Waals surface area contributed by atoms with Gasteiger partial charge in [-0.05, 0) is 104 Å². The minimum absolute atomic E-state index is 0.143. The van der Waals surface area contributed by atoms with E-state index in [-0.39, 0.29) is 12.4 Å². The number of amides is 2. The molecule has 0 bridgehead atoms. The topological polar surface area (TPSA) is 61.8 Å². The van der Waals surface area contributed by atoms with Crippen molar-refractivity contribution in [1.82, 2.24) is 10.3 Å². The number of carbonyl (C=O) groups is 1. The first-order valence-corrected chi connectivity index (χ1v) is 16.3. The molecule has 4 rings (SSSR count). The number of allylic oxidation sites excluding steroid dienone is 2. The van der Waals surface area contributed by atoms with E-state index in [1.165, 1.54) is 70.6 Å². The van der Waals surface area contributed by atoms with Crippen LogP contribution in [0.1, 0.15) is 112 Å². The fourth-order valence-corrected chi connectivity index (χ4v) is 10.0. The van der Waals surface area contributed by atoms with Gasteiger partial charge in [0.05, 0.1) is 11.8 Å². The third kappa shape index (κ3) is 5.84. The molecule has 216 valence electrons. The molecule has 6 heteroatoms. The van der Waals surface area contributed by atoms with Crippen molar-refractivity contribution in [2.75, 3.05) is 19.0 Å². The predicted molar refractivity (Wildman–Crippen MR) is 158 cm³/mol. The molecule has 8 atom stereocenters. The number of halogens is 1. The first kappa shape index (κ1) is 29.9. The second-order valence-electron chi connectivity index (χ2n) is 14.2. The molecule has 0 saturated heterocycles. The maximum atomic E-state index is 12.5. The smallest absolute Gasteiger partial charge is 0.336 e. The maximum Gasteiger partial charge on any atom is 0.340 e. The number of urea groups is 1. The van der Waals surface area contributed by atoms with Gasteiger partial charge >= 0.3 is 6.03 Å². The Balaban J connectivity index is 1.52. The largest absolute Gasteiger partial charge is 0.340 e. The summed E-state index contributed by atoms with van der Waals surface area (Å²) in [5.74, 6) is 5.40. The molecular formula is C32H54ClN3O2. The quantitative estimate of drug-likeness (QED) is 0.121. The molecule has 0 aromatic rings. The zero-order chi connectivity index (χ0) is 27.5. The lowest BCUT2D eigenvalue weighted by atomic mass is 9.45. The Bertz CT molecular complexity index is 862. The Labute approximate surface area is 237 Å². The Morgan fingerprint density at radius 2 is 1.92 bits per heavy atom. The van der Waals surface area contributed by atoms with Gasteiger partial charge in [-0.25, -0.2) is 4.79 Å². The van der Waals surface area contributed by atoms with Crippen molar-refractivity contribution in [3.05, 3.63) is 16.6 Å². The Hall–Kier alpha value is -1.10. The molecule has 3 fully saturated rings. The van der Waals surface area contributed by atoms with Gasteiger partial charge < -0.3 is 5.32 Å². The van der Waals surface area contributed by atoms with Crippen LogP contribution in [0, 0.1) is 57.2 Å². The summed E-state index contributed by atoms with van der Waals surface area (Å²) < 4.78 is 0. The Morgan fingerprint density at radius 3 is 2.63 bits per heavy atom. The van der Waals surface area contributed by atoms with E-state index < -0.39 is 6.03 Å². The lowest BCUT2D eigenvalue weighted by molar-refractivity contribution is -0.0705. The lowest BCUT2D eigenvalue weighted by Gasteiger charge is -2.60. The standard InChI is InChI=1S/C32H54ClN3O2/c1-22(2)9-8-10-23(3)26-12-13-27-29-24(15-19-34-30(37)36(35-38)20-18-33)21-25-11-6-7-16-31(25,4)28(29)14-17-32(26,27)5/h21-24,26-29H,6-20H2,1-5H3,(H,34,37)/t23-,24+,26-,27+,28+,29+,31+,32-/m1/s1. The number of nitrogens with one attached hydrogen (secondary N) is 1. The highest BCUT2D eigenvalue weighted by Crippen LogP contribution is 2.68. The van der Waals surface area contributed by atoms with Crippen LogP contribution in [0.2, 0.25) is 0 Å². The molecule has 0 heterocycles. The van der Waals surface area contributed by atoms with Gasteiger partial charge in [0.25, 0.3) is 0 Å². The highest BCUT2D eigenvalue weighted by molar-refractivity contribution is 6.18. The number of nitroso groups, excluding NO2 is 1. The fraction of sp³-hybridized carbons (Fsp3) is 0.906. The van der Waals surface area contributed by atoms with Crippen LogP contribution >= 0.6 is 11.6 Å². The summed E-state index contributed by atoms with van der Waals surface area (Å²) in [6.07, 6.45) is 18.5. The van der Waals surface area contributed by atoms with E-state index in [1.54, 1.807) is 5.57 Å². The summed E-state index contributed by atoms with van der Waals surface area (Å²) in [6.45, 7) is 13.2. The van der Waals surface area contributed by atoms with Gasteiger partial charge in [0.2, 0.25) is 0 Å². The zero-order valence-corrected chi connectivity index (χ0v) is 25.6. The normalized spacial score (nSPS) is 37.0. The molecule has 1 N–H and O–H groups in total. The van der Waals surface area contributed by atoms with E-state index in [1.807, 2.05) is 0 Å². The van der Waals surface area contributed by atoms with Crippen LogP contribution < -0.4 is 5.32 Å². The number of hydrogen-bond acceptors (Lipinski definition) is 3. The van der Waals surface area contributed by atoms with Crippen LogP contribution in [0.4, 0.5) is 4.79 Å². The first-order valence-electron chi connectivity index (χ1n) is 15.8. The van der Waals surface area contributed by atoms with Gasteiger partial charge in [-0.1, -0.05) is 72.0 Å². The van der Waals surface area contributed by atoms with Crippen molar-refractivity contribution < 1.29 is 4.79 Å². The summed E-state index contributed by atoms with van der Waals surface area (Å²) in [5.41, 5.74) is 2.51. The van der Waals surface area contributed by atoms with E-state index in [0.717, 1.165) is 41.0 Å². The molecule has 0 unspecified atom stereocenters. The van der Waals surface area contributed by atoms with Crippen LogP contribution in [0.5, 0.6) is 0 Å². The van der Waals surface area contributed by atoms with Crippen molar-refractivity contribution in [3.8, 4) is 0 Å². The Kier molecular flexibility index (Phi) is 9.91. The molecule has 0 aromatic heterocycles. The van der Waals surface area contributed by atoms with Crippen molar-refractivity contribution >= 4 is 17.6 Å². The van der Waals surface area contributed by atoms with Crippen molar-refractivity contribution in [2.24, 2.45) is 57.5 Å². The molecule has 0 aliphatic heterocycles. The predicted octanol–water partition coefficient (Wildman–Crippen LogP) is 8.97. The average Bonchev–Trinajstić information content (AvgIpc) is 3.24. The molecule has 0 radical (unpaired) electrons. The minimum Gasteiger partial charge on any atom is -0.336 e. The SMILES string of the molecule is CC(C)CCC[C@@H](C)[C@H]1CC[C@H]2[C@@H]3[C@@H](CCNC(=O)N(CCCl)N=O)C=C4CCCC[C@]4(C)[C@H]3CC[C@]12C. The molecule has 4 aliphatic carbocycles. The third-order valence-electron chi connectivity index (χ3n) is 11.8.